The summed E-state index contributed by atoms with van der Waals surface area (Å²) >= 11 is 0. The van der Waals surface area contributed by atoms with Crippen molar-refractivity contribution in [3.63, 3.8) is 0 Å². The maximum atomic E-state index is 13.3. The summed E-state index contributed by atoms with van der Waals surface area (Å²) in [7, 11) is 1.17. The van der Waals surface area contributed by atoms with Gasteiger partial charge in [-0.3, -0.25) is 4.99 Å². The van der Waals surface area contributed by atoms with Crippen LogP contribution in [0.2, 0.25) is 0 Å². The van der Waals surface area contributed by atoms with E-state index in [9.17, 15) is 14.3 Å². The van der Waals surface area contributed by atoms with Crippen molar-refractivity contribution in [3.8, 4) is 5.75 Å². The van der Waals surface area contributed by atoms with E-state index < -0.39 is 17.5 Å². The van der Waals surface area contributed by atoms with Crippen molar-refractivity contribution in [2.75, 3.05) is 20.3 Å². The summed E-state index contributed by atoms with van der Waals surface area (Å²) < 4.78 is 17.7. The molecule has 17 heavy (non-hydrogen) atoms. The van der Waals surface area contributed by atoms with Crippen molar-refractivity contribution >= 4 is 12.2 Å². The minimum atomic E-state index is -0.932. The Kier molecular flexibility index (Phi) is 4.59. The SMILES string of the molecule is COC(=O)c1cc(F)c(O)c(C=NCCO)c1. The minimum absolute atomic E-state index is 0.0201. The minimum Gasteiger partial charge on any atom is -0.504 e. The van der Waals surface area contributed by atoms with Gasteiger partial charge >= 0.3 is 5.97 Å². The van der Waals surface area contributed by atoms with Crippen molar-refractivity contribution in [1.82, 2.24) is 0 Å². The van der Waals surface area contributed by atoms with Crippen LogP contribution in [0.15, 0.2) is 17.1 Å². The van der Waals surface area contributed by atoms with Crippen LogP contribution in [0, 0.1) is 5.82 Å². The van der Waals surface area contributed by atoms with E-state index in [4.69, 9.17) is 5.11 Å². The lowest BCUT2D eigenvalue weighted by Crippen LogP contribution is -2.03. The van der Waals surface area contributed by atoms with Crippen molar-refractivity contribution in [2.24, 2.45) is 4.99 Å². The number of carbonyl (C=O) groups is 1. The van der Waals surface area contributed by atoms with E-state index in [0.717, 1.165) is 6.07 Å². The average Bonchev–Trinajstić information content (AvgIpc) is 2.33. The van der Waals surface area contributed by atoms with Crippen LogP contribution in [0.5, 0.6) is 5.75 Å². The van der Waals surface area contributed by atoms with Crippen molar-refractivity contribution in [1.29, 1.82) is 0 Å². The third-order valence-electron chi connectivity index (χ3n) is 1.97. The molecule has 6 heteroatoms. The fourth-order valence-corrected chi connectivity index (χ4v) is 1.18. The predicted octanol–water partition coefficient (Wildman–Crippen LogP) is 0.729. The molecule has 1 aromatic rings. The Bertz CT molecular complexity index is 445. The number of phenols is 1. The van der Waals surface area contributed by atoms with Crippen LogP contribution in [-0.4, -0.2) is 42.7 Å². The number of carbonyl (C=O) groups excluding carboxylic acids is 1. The zero-order valence-electron chi connectivity index (χ0n) is 9.18. The summed E-state index contributed by atoms with van der Waals surface area (Å²) in [6.07, 6.45) is 1.18. The first-order valence-electron chi connectivity index (χ1n) is 4.81. The number of halogens is 1. The van der Waals surface area contributed by atoms with Crippen molar-refractivity contribution in [3.05, 3.63) is 29.1 Å². The average molecular weight is 241 g/mol. The molecule has 5 nitrogen and oxygen atoms in total. The summed E-state index contributed by atoms with van der Waals surface area (Å²) in [4.78, 5) is 14.9. The number of nitrogens with zero attached hydrogens (tertiary/aromatic N) is 1. The Balaban J connectivity index is 3.11. The molecule has 0 atom stereocenters. The first-order valence-corrected chi connectivity index (χ1v) is 4.81. The van der Waals surface area contributed by atoms with Gasteiger partial charge in [-0.15, -0.1) is 0 Å². The van der Waals surface area contributed by atoms with Gasteiger partial charge in [0.1, 0.15) is 0 Å². The first kappa shape index (κ1) is 13.1. The van der Waals surface area contributed by atoms with E-state index in [-0.39, 0.29) is 24.3 Å². The maximum absolute atomic E-state index is 13.3. The molecule has 1 rings (SSSR count). The molecule has 0 aliphatic rings. The molecule has 0 fully saturated rings. The molecular formula is C11H12FNO4. The van der Waals surface area contributed by atoms with Crippen molar-refractivity contribution < 1.29 is 24.1 Å². The fraction of sp³-hybridized carbons (Fsp3) is 0.273. The normalized spacial score (nSPS) is 10.8. The highest BCUT2D eigenvalue weighted by molar-refractivity contribution is 5.93. The van der Waals surface area contributed by atoms with Gasteiger partial charge in [-0.25, -0.2) is 9.18 Å². The molecule has 0 saturated heterocycles. The third-order valence-corrected chi connectivity index (χ3v) is 1.97. The van der Waals surface area contributed by atoms with Gasteiger partial charge in [-0.1, -0.05) is 0 Å². The number of hydrogen-bond acceptors (Lipinski definition) is 5. The largest absolute Gasteiger partial charge is 0.504 e. The van der Waals surface area contributed by atoms with Crippen LogP contribution < -0.4 is 0 Å². The molecule has 2 N–H and O–H groups in total. The van der Waals surface area contributed by atoms with Crippen LogP contribution in [0.25, 0.3) is 0 Å². The Morgan fingerprint density at radius 3 is 2.88 bits per heavy atom. The summed E-state index contributed by atoms with van der Waals surface area (Å²) in [5.74, 6) is -2.24. The van der Waals surface area contributed by atoms with Gasteiger partial charge in [0.25, 0.3) is 0 Å². The van der Waals surface area contributed by atoms with E-state index in [1.165, 1.54) is 19.4 Å². The maximum Gasteiger partial charge on any atom is 0.337 e. The second-order valence-corrected chi connectivity index (χ2v) is 3.15. The smallest absolute Gasteiger partial charge is 0.337 e. The van der Waals surface area contributed by atoms with Gasteiger partial charge in [-0.2, -0.15) is 0 Å². The number of aliphatic imine (C=N–C) groups is 1. The number of hydrogen-bond donors (Lipinski definition) is 2. The quantitative estimate of drug-likeness (QED) is 0.601. The van der Waals surface area contributed by atoms with Crippen LogP contribution in [-0.2, 0) is 4.74 Å². The monoisotopic (exact) mass is 241 g/mol. The lowest BCUT2D eigenvalue weighted by atomic mass is 10.1. The van der Waals surface area contributed by atoms with Gasteiger partial charge in [0.15, 0.2) is 11.6 Å². The van der Waals surface area contributed by atoms with Gasteiger partial charge in [-0.05, 0) is 12.1 Å². The van der Waals surface area contributed by atoms with Gasteiger partial charge in [0.05, 0.1) is 25.8 Å². The van der Waals surface area contributed by atoms with E-state index in [2.05, 4.69) is 9.73 Å². The standard InChI is InChI=1S/C11H12FNO4/c1-17-11(16)7-4-8(6-13-2-3-14)10(15)9(12)5-7/h4-6,14-15H,2-3H2,1H3. The molecular weight excluding hydrogens is 229 g/mol. The predicted molar refractivity (Wildman–Crippen MR) is 59.0 cm³/mol. The van der Waals surface area contributed by atoms with E-state index in [1.54, 1.807) is 0 Å². The molecule has 0 heterocycles. The van der Waals surface area contributed by atoms with E-state index in [0.29, 0.717) is 0 Å². The zero-order valence-corrected chi connectivity index (χ0v) is 9.18. The molecule has 1 aromatic carbocycles. The van der Waals surface area contributed by atoms with Gasteiger partial charge < -0.3 is 14.9 Å². The number of esters is 1. The first-order chi connectivity index (χ1) is 8.10. The Labute approximate surface area is 97.2 Å². The number of aromatic hydroxyl groups is 1. The lowest BCUT2D eigenvalue weighted by Gasteiger charge is -2.04. The number of methoxy groups -OCH3 is 1. The number of rotatable bonds is 4. The molecule has 0 aliphatic heterocycles. The summed E-state index contributed by atoms with van der Waals surface area (Å²) in [6, 6.07) is 2.13. The number of aliphatic hydroxyl groups excluding tert-OH is 1. The zero-order chi connectivity index (χ0) is 12.8. The Morgan fingerprint density at radius 1 is 1.59 bits per heavy atom. The van der Waals surface area contributed by atoms with E-state index in [1.807, 2.05) is 0 Å². The molecule has 0 aliphatic carbocycles. The molecule has 92 valence electrons. The van der Waals surface area contributed by atoms with Crippen LogP contribution in [0.3, 0.4) is 0 Å². The number of aliphatic hydroxyl groups is 1. The third kappa shape index (κ3) is 3.25. The molecule has 0 spiro atoms. The number of benzene rings is 1. The van der Waals surface area contributed by atoms with Gasteiger partial charge in [0, 0.05) is 11.8 Å². The highest BCUT2D eigenvalue weighted by Crippen LogP contribution is 2.22. The van der Waals surface area contributed by atoms with Crippen molar-refractivity contribution in [2.45, 2.75) is 0 Å². The van der Waals surface area contributed by atoms with Gasteiger partial charge in [0.2, 0.25) is 0 Å². The Hall–Kier alpha value is -1.95. The van der Waals surface area contributed by atoms with E-state index >= 15 is 0 Å². The lowest BCUT2D eigenvalue weighted by molar-refractivity contribution is 0.0600. The highest BCUT2D eigenvalue weighted by atomic mass is 19.1. The van der Waals surface area contributed by atoms with Crippen LogP contribution >= 0.6 is 0 Å². The summed E-state index contributed by atoms with van der Waals surface area (Å²) in [5, 5.41) is 17.9. The topological polar surface area (TPSA) is 79.1 Å². The molecule has 0 amide bonds. The Morgan fingerprint density at radius 2 is 2.29 bits per heavy atom. The second-order valence-electron chi connectivity index (χ2n) is 3.15. The summed E-state index contributed by atoms with van der Waals surface area (Å²) in [6.45, 7) is -0.0278. The number of phenolic OH excluding ortho intramolecular Hbond substituents is 1. The molecule has 0 saturated carbocycles. The molecule has 0 bridgehead atoms. The van der Waals surface area contributed by atoms with Crippen LogP contribution in [0.4, 0.5) is 4.39 Å². The second kappa shape index (κ2) is 5.95. The molecule has 0 aromatic heterocycles. The van der Waals surface area contributed by atoms with Crippen LogP contribution in [0.1, 0.15) is 15.9 Å². The molecule has 0 unspecified atom stereocenters. The fourth-order valence-electron chi connectivity index (χ4n) is 1.18. The highest BCUT2D eigenvalue weighted by Gasteiger charge is 2.13. The summed E-state index contributed by atoms with van der Waals surface area (Å²) in [5.41, 5.74) is 0.0344. The molecule has 0 radical (unpaired) electrons. The number of ether oxygens (including phenoxy) is 1.